The molecule has 4 rings (SSSR count). The van der Waals surface area contributed by atoms with Crippen LogP contribution in [0.2, 0.25) is 0 Å². The highest BCUT2D eigenvalue weighted by Crippen LogP contribution is 2.44. The summed E-state index contributed by atoms with van der Waals surface area (Å²) in [5.74, 6) is -0.208. The van der Waals surface area contributed by atoms with E-state index in [4.69, 9.17) is 4.74 Å². The number of halogens is 1. The Morgan fingerprint density at radius 2 is 2.21 bits per heavy atom. The van der Waals surface area contributed by atoms with Crippen LogP contribution in [-0.2, 0) is 17.3 Å². The molecule has 0 aliphatic heterocycles. The van der Waals surface area contributed by atoms with Crippen molar-refractivity contribution in [3.05, 3.63) is 59.5 Å². The zero-order chi connectivity index (χ0) is 19.9. The summed E-state index contributed by atoms with van der Waals surface area (Å²) in [6.07, 6.45) is 2.99. The highest BCUT2D eigenvalue weighted by atomic mass is 19.1. The SMILES string of the molecule is Cc1c(F)cccc1[C@]1(C(=O)NO)CCC(Oc2ccc3cnn(C)c3c2)C1. The topological polar surface area (TPSA) is 76.4 Å². The van der Waals surface area contributed by atoms with Crippen molar-refractivity contribution in [2.45, 2.75) is 37.7 Å². The van der Waals surface area contributed by atoms with E-state index < -0.39 is 11.3 Å². The van der Waals surface area contributed by atoms with Gasteiger partial charge in [0.2, 0.25) is 0 Å². The van der Waals surface area contributed by atoms with Gasteiger partial charge in [-0.2, -0.15) is 5.10 Å². The van der Waals surface area contributed by atoms with Crippen molar-refractivity contribution in [3.63, 3.8) is 0 Å². The Bertz CT molecular complexity index is 1050. The number of rotatable bonds is 4. The van der Waals surface area contributed by atoms with Crippen molar-refractivity contribution in [2.75, 3.05) is 0 Å². The van der Waals surface area contributed by atoms with Gasteiger partial charge in [0, 0.05) is 24.9 Å². The second-order valence-corrected chi connectivity index (χ2v) is 7.41. The van der Waals surface area contributed by atoms with Crippen LogP contribution < -0.4 is 10.2 Å². The summed E-state index contributed by atoms with van der Waals surface area (Å²) < 4.78 is 22.1. The second-order valence-electron chi connectivity index (χ2n) is 7.41. The normalized spacial score (nSPS) is 21.8. The van der Waals surface area contributed by atoms with Crippen molar-refractivity contribution >= 4 is 16.8 Å². The standard InChI is InChI=1S/C21H22FN3O3/c1-13-17(4-3-5-18(13)22)21(20(26)24-27)9-8-16(11-21)28-15-7-6-14-12-23-25(2)19(14)10-15/h3-7,10,12,16,27H,8-9,11H2,1-2H3,(H,24,26)/t16?,21-/m0/s1. The second kappa shape index (κ2) is 6.91. The van der Waals surface area contributed by atoms with Crippen LogP contribution in [0.25, 0.3) is 10.9 Å². The molecule has 1 fully saturated rings. The smallest absolute Gasteiger partial charge is 0.254 e. The molecule has 28 heavy (non-hydrogen) atoms. The summed E-state index contributed by atoms with van der Waals surface area (Å²) in [7, 11) is 1.87. The summed E-state index contributed by atoms with van der Waals surface area (Å²) in [6.45, 7) is 1.65. The number of nitrogens with zero attached hydrogens (tertiary/aromatic N) is 2. The van der Waals surface area contributed by atoms with Crippen LogP contribution in [0.5, 0.6) is 5.75 Å². The number of ether oxygens (including phenoxy) is 1. The Hall–Kier alpha value is -2.93. The Labute approximate surface area is 161 Å². The van der Waals surface area contributed by atoms with E-state index in [2.05, 4.69) is 5.10 Å². The number of hydroxylamine groups is 1. The summed E-state index contributed by atoms with van der Waals surface area (Å²) >= 11 is 0. The van der Waals surface area contributed by atoms with Crippen LogP contribution in [0.1, 0.15) is 30.4 Å². The third-order valence-corrected chi connectivity index (χ3v) is 5.81. The Balaban J connectivity index is 1.64. The first-order chi connectivity index (χ1) is 13.4. The number of fused-ring (bicyclic) bond motifs is 1. The highest BCUT2D eigenvalue weighted by Gasteiger charge is 2.48. The van der Waals surface area contributed by atoms with Crippen molar-refractivity contribution in [3.8, 4) is 5.75 Å². The zero-order valence-corrected chi connectivity index (χ0v) is 15.8. The third kappa shape index (κ3) is 2.92. The Morgan fingerprint density at radius 1 is 1.39 bits per heavy atom. The lowest BCUT2D eigenvalue weighted by Crippen LogP contribution is -2.42. The maximum absolute atomic E-state index is 14.1. The lowest BCUT2D eigenvalue weighted by molar-refractivity contribution is -0.135. The van der Waals surface area contributed by atoms with Gasteiger partial charge >= 0.3 is 0 Å². The maximum atomic E-state index is 14.1. The van der Waals surface area contributed by atoms with Gasteiger partial charge in [0.25, 0.3) is 5.91 Å². The minimum Gasteiger partial charge on any atom is -0.490 e. The van der Waals surface area contributed by atoms with Crippen LogP contribution in [0.15, 0.2) is 42.6 Å². The zero-order valence-electron chi connectivity index (χ0n) is 15.8. The number of hydrogen-bond acceptors (Lipinski definition) is 4. The van der Waals surface area contributed by atoms with E-state index in [-0.39, 0.29) is 11.9 Å². The first kappa shape index (κ1) is 18.4. The molecule has 3 aromatic rings. The summed E-state index contributed by atoms with van der Waals surface area (Å²) in [4.78, 5) is 12.6. The van der Waals surface area contributed by atoms with Crippen molar-refractivity contribution < 1.29 is 19.1 Å². The Kier molecular flexibility index (Phi) is 4.55. The van der Waals surface area contributed by atoms with Crippen LogP contribution >= 0.6 is 0 Å². The van der Waals surface area contributed by atoms with Crippen molar-refractivity contribution in [2.24, 2.45) is 7.05 Å². The number of hydrogen-bond donors (Lipinski definition) is 2. The van der Waals surface area contributed by atoms with Crippen LogP contribution in [0.3, 0.4) is 0 Å². The van der Waals surface area contributed by atoms with Crippen LogP contribution in [0, 0.1) is 12.7 Å². The first-order valence-corrected chi connectivity index (χ1v) is 9.23. The van der Waals surface area contributed by atoms with Gasteiger partial charge in [0.05, 0.1) is 17.1 Å². The van der Waals surface area contributed by atoms with Gasteiger partial charge in [-0.25, -0.2) is 9.87 Å². The number of amides is 1. The molecule has 2 aromatic carbocycles. The molecule has 1 amide bonds. The molecule has 1 unspecified atom stereocenters. The quantitative estimate of drug-likeness (QED) is 0.535. The molecule has 7 heteroatoms. The molecule has 0 bridgehead atoms. The molecule has 1 saturated carbocycles. The fourth-order valence-corrected chi connectivity index (χ4v) is 4.30. The molecule has 2 N–H and O–H groups in total. The van der Waals surface area contributed by atoms with Gasteiger partial charge < -0.3 is 4.74 Å². The molecular formula is C21H22FN3O3. The molecule has 0 saturated heterocycles. The number of benzene rings is 2. The lowest BCUT2D eigenvalue weighted by atomic mass is 9.76. The van der Waals surface area contributed by atoms with E-state index in [9.17, 15) is 14.4 Å². The highest BCUT2D eigenvalue weighted by molar-refractivity contribution is 5.88. The van der Waals surface area contributed by atoms with Gasteiger partial charge in [-0.05, 0) is 49.1 Å². The molecular weight excluding hydrogens is 361 g/mol. The van der Waals surface area contributed by atoms with Gasteiger partial charge in [-0.1, -0.05) is 12.1 Å². The average Bonchev–Trinajstić information content (AvgIpc) is 3.28. The fourth-order valence-electron chi connectivity index (χ4n) is 4.30. The van der Waals surface area contributed by atoms with Crippen LogP contribution in [0.4, 0.5) is 4.39 Å². The van der Waals surface area contributed by atoms with Crippen LogP contribution in [-0.4, -0.2) is 27.0 Å². The number of nitrogens with one attached hydrogen (secondary N) is 1. The number of aromatic nitrogens is 2. The molecule has 0 radical (unpaired) electrons. The van der Waals surface area contributed by atoms with E-state index in [0.29, 0.717) is 36.1 Å². The van der Waals surface area contributed by atoms with Crippen molar-refractivity contribution in [1.82, 2.24) is 15.3 Å². The summed E-state index contributed by atoms with van der Waals surface area (Å²) in [6, 6.07) is 10.4. The monoisotopic (exact) mass is 383 g/mol. The third-order valence-electron chi connectivity index (χ3n) is 5.81. The predicted molar refractivity (Wildman–Crippen MR) is 102 cm³/mol. The van der Waals surface area contributed by atoms with Crippen molar-refractivity contribution in [1.29, 1.82) is 0 Å². The van der Waals surface area contributed by atoms with Gasteiger partial charge in [-0.15, -0.1) is 0 Å². The predicted octanol–water partition coefficient (Wildman–Crippen LogP) is 3.40. The minimum atomic E-state index is -1.03. The summed E-state index contributed by atoms with van der Waals surface area (Å²) in [5, 5.41) is 14.6. The molecule has 1 aromatic heterocycles. The molecule has 1 aliphatic rings. The molecule has 146 valence electrons. The largest absolute Gasteiger partial charge is 0.490 e. The van der Waals surface area contributed by atoms with Gasteiger partial charge in [0.1, 0.15) is 17.7 Å². The van der Waals surface area contributed by atoms with E-state index in [1.54, 1.807) is 35.4 Å². The van der Waals surface area contributed by atoms with E-state index >= 15 is 0 Å². The maximum Gasteiger partial charge on any atom is 0.254 e. The molecule has 1 heterocycles. The number of carbonyl (C=O) groups excluding carboxylic acids is 1. The molecule has 2 atom stereocenters. The van der Waals surface area contributed by atoms with E-state index in [1.807, 2.05) is 25.2 Å². The molecule has 6 nitrogen and oxygen atoms in total. The van der Waals surface area contributed by atoms with Gasteiger partial charge in [-0.3, -0.25) is 14.7 Å². The van der Waals surface area contributed by atoms with Gasteiger partial charge in [0.15, 0.2) is 0 Å². The lowest BCUT2D eigenvalue weighted by Gasteiger charge is -2.29. The molecule has 1 aliphatic carbocycles. The summed E-state index contributed by atoms with van der Waals surface area (Å²) in [5.41, 5.74) is 2.72. The number of aryl methyl sites for hydroxylation is 1. The van der Waals surface area contributed by atoms with E-state index in [1.165, 1.54) is 6.07 Å². The fraction of sp³-hybridized carbons (Fsp3) is 0.333. The Morgan fingerprint density at radius 3 is 3.00 bits per heavy atom. The van der Waals surface area contributed by atoms with E-state index in [0.717, 1.165) is 10.9 Å². The first-order valence-electron chi connectivity index (χ1n) is 9.23. The minimum absolute atomic E-state index is 0.231. The number of carbonyl (C=O) groups is 1. The molecule has 0 spiro atoms. The average molecular weight is 383 g/mol.